The molecule has 22 heteroatoms. The lowest BCUT2D eigenvalue weighted by atomic mass is 9.86. The van der Waals surface area contributed by atoms with Crippen LogP contribution in [0.4, 0.5) is 0 Å². The molecule has 3 fully saturated rings. The molecule has 418 valence electrons. The van der Waals surface area contributed by atoms with Gasteiger partial charge in [-0.15, -0.1) is 0 Å². The summed E-state index contributed by atoms with van der Waals surface area (Å²) in [7, 11) is 0. The number of benzene rings is 1. The summed E-state index contributed by atoms with van der Waals surface area (Å²) in [6, 6.07) is -2.34. The van der Waals surface area contributed by atoms with E-state index >= 15 is 0 Å². The van der Waals surface area contributed by atoms with E-state index in [4.69, 9.17) is 5.73 Å². The lowest BCUT2D eigenvalue weighted by molar-refractivity contribution is -0.149. The molecule has 1 aromatic carbocycles. The lowest BCUT2D eigenvalue weighted by Crippen LogP contribution is -2.61. The molecule has 0 unspecified atom stereocenters. The molecule has 0 bridgehead atoms. The molecule has 5 amide bonds. The zero-order valence-electron chi connectivity index (χ0n) is 43.3. The van der Waals surface area contributed by atoms with Gasteiger partial charge < -0.3 is 77.4 Å². The fraction of sp³-hybridized carbons (Fsp3) is 0.750. The van der Waals surface area contributed by atoms with Crippen LogP contribution < -0.4 is 21.7 Å². The van der Waals surface area contributed by atoms with Gasteiger partial charge in [-0.25, -0.2) is 0 Å². The van der Waals surface area contributed by atoms with Crippen molar-refractivity contribution in [1.29, 1.82) is 0 Å². The number of amides is 5. The lowest BCUT2D eigenvalue weighted by Gasteiger charge is -2.34. The van der Waals surface area contributed by atoms with Crippen molar-refractivity contribution in [2.24, 2.45) is 29.4 Å². The Morgan fingerprint density at radius 2 is 1.36 bits per heavy atom. The monoisotopic (exact) mass is 1050 g/mol. The minimum Gasteiger partial charge on any atom is -0.508 e. The number of ketones is 2. The van der Waals surface area contributed by atoms with Gasteiger partial charge in [-0.2, -0.15) is 0 Å². The topological polar surface area (TPSA) is 370 Å². The number of Topliss-reactive ketones (excluding diaryl/α,β-unsaturated/α-hetero) is 2. The zero-order valence-corrected chi connectivity index (χ0v) is 43.3. The fourth-order valence-electron chi connectivity index (χ4n) is 10.4. The largest absolute Gasteiger partial charge is 0.508 e. The third kappa shape index (κ3) is 17.5. The molecule has 0 radical (unpaired) electrons. The second-order valence-electron chi connectivity index (χ2n) is 21.1. The highest BCUT2D eigenvalue weighted by atomic mass is 16.3. The molecule has 0 spiro atoms. The van der Waals surface area contributed by atoms with Gasteiger partial charge in [-0.3, -0.25) is 33.6 Å². The normalized spacial score (nSPS) is 29.5. The molecule has 74 heavy (non-hydrogen) atoms. The Morgan fingerprint density at radius 1 is 0.743 bits per heavy atom. The number of nitrogens with one attached hydrogen (secondary N) is 3. The number of phenols is 1. The third-order valence-corrected chi connectivity index (χ3v) is 15.0. The first-order valence-corrected chi connectivity index (χ1v) is 26.5. The number of nitrogens with two attached hydrogens (primary N) is 1. The Hall–Kier alpha value is -4.65. The van der Waals surface area contributed by atoms with Crippen molar-refractivity contribution in [2.75, 3.05) is 19.6 Å². The van der Waals surface area contributed by atoms with E-state index < -0.39 is 158 Å². The van der Waals surface area contributed by atoms with E-state index in [-0.39, 0.29) is 43.7 Å². The van der Waals surface area contributed by atoms with E-state index in [2.05, 4.69) is 36.7 Å². The van der Waals surface area contributed by atoms with E-state index in [0.29, 0.717) is 18.3 Å². The molecule has 1 aromatic rings. The van der Waals surface area contributed by atoms with Gasteiger partial charge in [0, 0.05) is 44.7 Å². The Kier molecular flexibility index (Phi) is 24.8. The average Bonchev–Trinajstić information content (AvgIpc) is 3.95. The summed E-state index contributed by atoms with van der Waals surface area (Å²) < 4.78 is 0. The van der Waals surface area contributed by atoms with Gasteiger partial charge >= 0.3 is 0 Å². The smallest absolute Gasteiger partial charge is 0.248 e. The van der Waals surface area contributed by atoms with Crippen LogP contribution in [0.25, 0.3) is 0 Å². The molecule has 16 atom stereocenters. The Morgan fingerprint density at radius 3 is 2.00 bits per heavy atom. The molecule has 4 rings (SSSR count). The first kappa shape index (κ1) is 61.9. The number of rotatable bonds is 21. The molecule has 0 aromatic heterocycles. The summed E-state index contributed by atoms with van der Waals surface area (Å²) >= 11 is 0. The standard InChI is InChI=1S/C52H84N6O16/c1-5-28(2)22-29(3)12-10-8-6-7-9-11-13-34(61)23-32-24-41(66)49(71)56-50(72)44-39(64)19-21-57(44)52(74)43(38(63)18-20-53)55-48(70)36(46(68)45(67)31-14-16-33(60)17-15-31)26-40(65)37-25-35(62)27-58(37)51(73)42(30(4)59)54-47(32)69/h14-17,28-30,32,35-39,41-46,49,59-60,62-64,66-68,71H,5-13,18-27,53H2,1-4H3,(H,54,69)(H,55,70)(H,56,72)/t28-,29+,30+,32-,35+,36-,37-,38+,39-,41+,42-,43-,44-,45-,46-,49+/m0/s1. The third-order valence-electron chi connectivity index (χ3n) is 15.0. The number of fused-ring (bicyclic) bond motifs is 2. The molecular formula is C52H84N6O16. The summed E-state index contributed by atoms with van der Waals surface area (Å²) in [6.07, 6.45) is -8.93. The highest BCUT2D eigenvalue weighted by Crippen LogP contribution is 2.31. The summed E-state index contributed by atoms with van der Waals surface area (Å²) in [4.78, 5) is 101. The van der Waals surface area contributed by atoms with E-state index in [9.17, 15) is 79.5 Å². The number of unbranched alkanes of at least 4 members (excludes halogenated alkanes) is 5. The number of carbonyl (C=O) groups excluding carboxylic acids is 7. The van der Waals surface area contributed by atoms with Gasteiger partial charge in [0.2, 0.25) is 29.5 Å². The minimum absolute atomic E-state index is 0.0249. The Bertz CT molecular complexity index is 2010. The number of hydrogen-bond acceptors (Lipinski definition) is 17. The number of carbonyl (C=O) groups is 7. The summed E-state index contributed by atoms with van der Waals surface area (Å²) in [5.41, 5.74) is 5.69. The molecule has 3 saturated heterocycles. The fourth-order valence-corrected chi connectivity index (χ4v) is 10.4. The van der Waals surface area contributed by atoms with Gasteiger partial charge in [-0.1, -0.05) is 77.8 Å². The molecule has 3 aliphatic rings. The van der Waals surface area contributed by atoms with Crippen LogP contribution in [0.2, 0.25) is 0 Å². The molecule has 0 saturated carbocycles. The maximum Gasteiger partial charge on any atom is 0.248 e. The number of hydrogen-bond donors (Lipinski definition) is 13. The van der Waals surface area contributed by atoms with Crippen LogP contribution >= 0.6 is 0 Å². The van der Waals surface area contributed by atoms with E-state index in [1.54, 1.807) is 0 Å². The van der Waals surface area contributed by atoms with E-state index in [0.717, 1.165) is 61.7 Å². The van der Waals surface area contributed by atoms with Crippen LogP contribution in [0.1, 0.15) is 142 Å². The first-order valence-electron chi connectivity index (χ1n) is 26.5. The van der Waals surface area contributed by atoms with Crippen LogP contribution in [0.15, 0.2) is 24.3 Å². The van der Waals surface area contributed by atoms with Gasteiger partial charge in [0.05, 0.1) is 48.6 Å². The number of aliphatic hydroxyl groups excluding tert-OH is 8. The van der Waals surface area contributed by atoms with Crippen molar-refractivity contribution in [3.05, 3.63) is 29.8 Å². The van der Waals surface area contributed by atoms with Crippen LogP contribution in [0.3, 0.4) is 0 Å². The van der Waals surface area contributed by atoms with E-state index in [1.165, 1.54) is 30.7 Å². The first-order chi connectivity index (χ1) is 35.0. The van der Waals surface area contributed by atoms with Crippen LogP contribution in [0, 0.1) is 23.7 Å². The summed E-state index contributed by atoms with van der Waals surface area (Å²) in [6.45, 7) is 6.83. The molecule has 3 heterocycles. The second-order valence-corrected chi connectivity index (χ2v) is 21.1. The highest BCUT2D eigenvalue weighted by molar-refractivity contribution is 5.98. The maximum absolute atomic E-state index is 14.4. The average molecular weight is 1050 g/mol. The molecular weight excluding hydrogens is 965 g/mol. The predicted molar refractivity (Wildman–Crippen MR) is 268 cm³/mol. The number of nitrogens with zero attached hydrogens (tertiary/aromatic N) is 2. The van der Waals surface area contributed by atoms with Crippen LogP contribution in [-0.2, 0) is 33.6 Å². The number of phenolic OH excluding ortho intramolecular Hbond substituents is 1. The van der Waals surface area contributed by atoms with Crippen molar-refractivity contribution in [3.63, 3.8) is 0 Å². The second kappa shape index (κ2) is 29.6. The molecule has 0 aliphatic carbocycles. The maximum atomic E-state index is 14.4. The van der Waals surface area contributed by atoms with Crippen molar-refractivity contribution in [3.8, 4) is 5.75 Å². The van der Waals surface area contributed by atoms with Crippen LogP contribution in [0.5, 0.6) is 5.75 Å². The molecule has 3 aliphatic heterocycles. The summed E-state index contributed by atoms with van der Waals surface area (Å²) in [5, 5.41) is 107. The number of aromatic hydroxyl groups is 1. The van der Waals surface area contributed by atoms with Gasteiger partial charge in [0.25, 0.3) is 0 Å². The SMILES string of the molecule is CC[C@H](C)C[C@H](C)CCCCCCCCC(=O)C[C@H]1C[C@@H](O)[C@@H](O)NC(=O)[C@@H]2[C@@H](O)CCN2C(=O)[C@H]([C@H](O)CCN)NC(=O)[C@H]([C@H](O)[C@@H](O)c2ccc(O)cc2)CC(=O)[C@@H]2C[C@@H](O)CN2C(=O)[C@H]([C@@H](C)O)NC1=O. The zero-order chi connectivity index (χ0) is 55.0. The van der Waals surface area contributed by atoms with E-state index in [1.807, 2.05) is 0 Å². The Balaban J connectivity index is 1.68. The minimum atomic E-state index is -2.18. The van der Waals surface area contributed by atoms with Crippen molar-refractivity contribution >= 4 is 41.1 Å². The van der Waals surface area contributed by atoms with Gasteiger partial charge in [0.15, 0.2) is 12.0 Å². The van der Waals surface area contributed by atoms with Gasteiger partial charge in [0.1, 0.15) is 35.8 Å². The highest BCUT2D eigenvalue weighted by Gasteiger charge is 2.49. The van der Waals surface area contributed by atoms with Crippen molar-refractivity contribution < 1.29 is 79.5 Å². The summed E-state index contributed by atoms with van der Waals surface area (Å²) in [5.74, 6) is -9.41. The van der Waals surface area contributed by atoms with Gasteiger partial charge in [-0.05, 0) is 75.1 Å². The van der Waals surface area contributed by atoms with Crippen molar-refractivity contribution in [2.45, 2.75) is 204 Å². The number of aliphatic hydroxyl groups is 8. The molecule has 22 nitrogen and oxygen atoms in total. The predicted octanol–water partition coefficient (Wildman–Crippen LogP) is -0.687. The Labute approximate surface area is 433 Å². The van der Waals surface area contributed by atoms with Crippen LogP contribution in [-0.4, -0.2) is 184 Å². The quantitative estimate of drug-likeness (QED) is 0.0678. The molecule has 14 N–H and O–H groups in total. The van der Waals surface area contributed by atoms with Crippen molar-refractivity contribution in [1.82, 2.24) is 25.8 Å².